The van der Waals surface area contributed by atoms with Crippen molar-refractivity contribution in [2.24, 2.45) is 5.10 Å². The third-order valence-corrected chi connectivity index (χ3v) is 6.51. The summed E-state index contributed by atoms with van der Waals surface area (Å²) < 4.78 is 10.9. The van der Waals surface area contributed by atoms with Crippen LogP contribution in [0.4, 0.5) is 0 Å². The predicted octanol–water partition coefficient (Wildman–Crippen LogP) is 5.22. The Bertz CT molecular complexity index is 1530. The van der Waals surface area contributed by atoms with Gasteiger partial charge in [-0.05, 0) is 41.8 Å². The number of hydrogen-bond acceptors (Lipinski definition) is 5. The molecule has 36 heavy (non-hydrogen) atoms. The lowest BCUT2D eigenvalue weighted by atomic mass is 9.90. The number of aromatic nitrogens is 1. The lowest BCUT2D eigenvalue weighted by molar-refractivity contribution is -0.130. The van der Waals surface area contributed by atoms with Crippen molar-refractivity contribution in [1.82, 2.24) is 9.99 Å². The number of carbonyl (C=O) groups is 1. The number of amides is 1. The first-order chi connectivity index (χ1) is 17.4. The zero-order valence-electron chi connectivity index (χ0n) is 20.7. The van der Waals surface area contributed by atoms with Gasteiger partial charge >= 0.3 is 0 Å². The molecule has 3 aromatic carbocycles. The number of pyridine rings is 1. The van der Waals surface area contributed by atoms with Gasteiger partial charge in [-0.3, -0.25) is 9.59 Å². The van der Waals surface area contributed by atoms with Crippen LogP contribution in [0.3, 0.4) is 0 Å². The zero-order valence-corrected chi connectivity index (χ0v) is 20.7. The molecule has 0 radical (unpaired) electrons. The van der Waals surface area contributed by atoms with Gasteiger partial charge in [0, 0.05) is 35.9 Å². The van der Waals surface area contributed by atoms with Crippen molar-refractivity contribution in [3.8, 4) is 22.6 Å². The van der Waals surface area contributed by atoms with Crippen LogP contribution in [-0.4, -0.2) is 35.8 Å². The van der Waals surface area contributed by atoms with Gasteiger partial charge in [0.15, 0.2) is 0 Å². The fourth-order valence-corrected chi connectivity index (χ4v) is 4.83. The Morgan fingerprint density at radius 3 is 2.31 bits per heavy atom. The minimum absolute atomic E-state index is 0.217. The summed E-state index contributed by atoms with van der Waals surface area (Å²) in [7, 11) is 3.17. The number of nitrogens with one attached hydrogen (secondary N) is 1. The Balaban J connectivity index is 1.71. The van der Waals surface area contributed by atoms with Crippen molar-refractivity contribution in [3.05, 3.63) is 93.8 Å². The number of aromatic amines is 1. The minimum Gasteiger partial charge on any atom is -0.497 e. The minimum atomic E-state index is -0.404. The van der Waals surface area contributed by atoms with Gasteiger partial charge in [-0.2, -0.15) is 5.10 Å². The number of aryl methyl sites for hydroxylation is 1. The maximum Gasteiger partial charge on any atom is 0.258 e. The molecular formula is C29H27N3O4. The number of rotatable bonds is 5. The van der Waals surface area contributed by atoms with Gasteiger partial charge in [-0.15, -0.1) is 0 Å². The number of ether oxygens (including phenoxy) is 2. The first kappa shape index (κ1) is 23.4. The third-order valence-electron chi connectivity index (χ3n) is 6.51. The van der Waals surface area contributed by atoms with E-state index >= 15 is 0 Å². The highest BCUT2D eigenvalue weighted by Gasteiger charge is 2.34. The molecule has 1 amide bonds. The second-order valence-corrected chi connectivity index (χ2v) is 8.90. The maximum atomic E-state index is 13.6. The third kappa shape index (κ3) is 4.13. The number of hydrogen-bond donors (Lipinski definition) is 1. The Morgan fingerprint density at radius 2 is 1.67 bits per heavy atom. The molecule has 5 rings (SSSR count). The molecule has 0 aliphatic carbocycles. The van der Waals surface area contributed by atoms with Gasteiger partial charge in [0.1, 0.15) is 11.5 Å². The summed E-state index contributed by atoms with van der Waals surface area (Å²) in [6.45, 7) is 3.47. The normalized spacial score (nSPS) is 15.2. The summed E-state index contributed by atoms with van der Waals surface area (Å²) in [6.07, 6.45) is 0.371. The molecule has 1 N–H and O–H groups in total. The lowest BCUT2D eigenvalue weighted by Crippen LogP contribution is -2.24. The molecule has 4 aromatic rings. The van der Waals surface area contributed by atoms with Crippen LogP contribution in [0.25, 0.3) is 22.0 Å². The van der Waals surface area contributed by atoms with Gasteiger partial charge in [-0.1, -0.05) is 42.5 Å². The summed E-state index contributed by atoms with van der Waals surface area (Å²) in [5.74, 6) is 1.02. The molecule has 182 valence electrons. The van der Waals surface area contributed by atoms with Crippen LogP contribution in [0.5, 0.6) is 11.5 Å². The SMILES string of the molecule is COc1cc(OC)cc([C@H]2CC(c3c(-c4ccccc4)c4ccc(C)cc4[nH]c3=O)=NN2C(C)=O)c1. The van der Waals surface area contributed by atoms with Gasteiger partial charge in [0.2, 0.25) is 5.91 Å². The first-order valence-corrected chi connectivity index (χ1v) is 11.7. The molecule has 2 heterocycles. The van der Waals surface area contributed by atoms with Crippen LogP contribution in [-0.2, 0) is 4.79 Å². The second-order valence-electron chi connectivity index (χ2n) is 8.90. The average molecular weight is 482 g/mol. The van der Waals surface area contributed by atoms with Crippen LogP contribution in [0, 0.1) is 6.92 Å². The van der Waals surface area contributed by atoms with Crippen LogP contribution >= 0.6 is 0 Å². The summed E-state index contributed by atoms with van der Waals surface area (Å²) in [6, 6.07) is 20.9. The first-order valence-electron chi connectivity index (χ1n) is 11.7. The Hall–Kier alpha value is -4.39. The van der Waals surface area contributed by atoms with Gasteiger partial charge < -0.3 is 14.5 Å². The highest BCUT2D eigenvalue weighted by molar-refractivity contribution is 6.12. The summed E-state index contributed by atoms with van der Waals surface area (Å²) >= 11 is 0. The van der Waals surface area contributed by atoms with E-state index < -0.39 is 6.04 Å². The summed E-state index contributed by atoms with van der Waals surface area (Å²) in [5, 5.41) is 7.06. The molecule has 0 saturated heterocycles. The van der Waals surface area contributed by atoms with Crippen LogP contribution in [0.15, 0.2) is 76.6 Å². The summed E-state index contributed by atoms with van der Waals surface area (Å²) in [4.78, 5) is 29.3. The number of hydrazone groups is 1. The van der Waals surface area contributed by atoms with E-state index in [2.05, 4.69) is 4.98 Å². The van der Waals surface area contributed by atoms with E-state index in [4.69, 9.17) is 14.6 Å². The second kappa shape index (κ2) is 9.34. The van der Waals surface area contributed by atoms with Gasteiger partial charge in [0.25, 0.3) is 5.56 Å². The van der Waals surface area contributed by atoms with Gasteiger partial charge in [0.05, 0.1) is 31.5 Å². The van der Waals surface area contributed by atoms with E-state index in [1.807, 2.05) is 67.6 Å². The molecule has 1 aromatic heterocycles. The number of H-pyrrole nitrogens is 1. The molecule has 0 saturated carbocycles. The number of methoxy groups -OCH3 is 2. The summed E-state index contributed by atoms with van der Waals surface area (Å²) in [5.41, 5.74) is 5.14. The zero-order chi connectivity index (χ0) is 25.4. The average Bonchev–Trinajstić information content (AvgIpc) is 3.33. The van der Waals surface area contributed by atoms with E-state index in [1.165, 1.54) is 11.9 Å². The van der Waals surface area contributed by atoms with E-state index in [-0.39, 0.29) is 11.5 Å². The molecule has 0 unspecified atom stereocenters. The highest BCUT2D eigenvalue weighted by atomic mass is 16.5. The molecule has 1 atom stereocenters. The van der Waals surface area contributed by atoms with E-state index in [1.54, 1.807) is 20.3 Å². The largest absolute Gasteiger partial charge is 0.497 e. The van der Waals surface area contributed by atoms with Crippen molar-refractivity contribution in [2.45, 2.75) is 26.3 Å². The fraction of sp³-hybridized carbons (Fsp3) is 0.207. The van der Waals surface area contributed by atoms with Crippen molar-refractivity contribution in [2.75, 3.05) is 14.2 Å². The number of fused-ring (bicyclic) bond motifs is 1. The van der Waals surface area contributed by atoms with Crippen molar-refractivity contribution < 1.29 is 14.3 Å². The van der Waals surface area contributed by atoms with Crippen LogP contribution < -0.4 is 15.0 Å². The topological polar surface area (TPSA) is 84.0 Å². The Morgan fingerprint density at radius 1 is 0.972 bits per heavy atom. The molecule has 7 nitrogen and oxygen atoms in total. The molecule has 0 spiro atoms. The van der Waals surface area contributed by atoms with Crippen molar-refractivity contribution in [3.63, 3.8) is 0 Å². The molecule has 0 fully saturated rings. The number of nitrogens with zero attached hydrogens (tertiary/aromatic N) is 2. The maximum absolute atomic E-state index is 13.6. The quantitative estimate of drug-likeness (QED) is 0.424. The van der Waals surface area contributed by atoms with Crippen LogP contribution in [0.1, 0.15) is 36.1 Å². The lowest BCUT2D eigenvalue weighted by Gasteiger charge is -2.21. The standard InChI is InChI=1S/C29H27N3O4/c1-17-10-11-23-24(12-17)30-29(34)28(27(23)19-8-6-5-7-9-19)25-16-26(32(31-25)18(2)33)20-13-21(35-3)15-22(14-20)36-4/h5-15,26H,16H2,1-4H3,(H,30,34)/t26-/m1/s1. The number of benzene rings is 3. The molecule has 1 aliphatic rings. The van der Waals surface area contributed by atoms with Crippen LogP contribution in [0.2, 0.25) is 0 Å². The van der Waals surface area contributed by atoms with E-state index in [0.29, 0.717) is 29.2 Å². The smallest absolute Gasteiger partial charge is 0.258 e. The predicted molar refractivity (Wildman–Crippen MR) is 141 cm³/mol. The monoisotopic (exact) mass is 481 g/mol. The van der Waals surface area contributed by atoms with Crippen molar-refractivity contribution >= 4 is 22.5 Å². The Labute approximate surface area is 209 Å². The van der Waals surface area contributed by atoms with Gasteiger partial charge in [-0.25, -0.2) is 5.01 Å². The molecule has 1 aliphatic heterocycles. The van der Waals surface area contributed by atoms with E-state index in [9.17, 15) is 9.59 Å². The molecular weight excluding hydrogens is 454 g/mol. The fourth-order valence-electron chi connectivity index (χ4n) is 4.83. The van der Waals surface area contributed by atoms with Crippen molar-refractivity contribution in [1.29, 1.82) is 0 Å². The highest BCUT2D eigenvalue weighted by Crippen LogP contribution is 2.39. The van der Waals surface area contributed by atoms with E-state index in [0.717, 1.165) is 33.2 Å². The number of carbonyl (C=O) groups excluding carboxylic acids is 1. The molecule has 0 bridgehead atoms. The molecule has 7 heteroatoms. The Kier molecular flexibility index (Phi) is 6.06.